The van der Waals surface area contributed by atoms with Gasteiger partial charge in [-0.1, -0.05) is 11.3 Å². The molecule has 0 saturated carbocycles. The van der Waals surface area contributed by atoms with Crippen molar-refractivity contribution in [2.24, 2.45) is 0 Å². The summed E-state index contributed by atoms with van der Waals surface area (Å²) in [6.07, 6.45) is 9.68. The van der Waals surface area contributed by atoms with Crippen LogP contribution in [0.2, 0.25) is 0 Å². The molecule has 2 aliphatic rings. The van der Waals surface area contributed by atoms with Gasteiger partial charge in [-0.25, -0.2) is 4.52 Å². The van der Waals surface area contributed by atoms with Gasteiger partial charge in [0.15, 0.2) is 5.69 Å². The van der Waals surface area contributed by atoms with E-state index in [1.165, 1.54) is 5.69 Å². The lowest BCUT2D eigenvalue weighted by molar-refractivity contribution is -0.117. The van der Waals surface area contributed by atoms with Crippen LogP contribution in [0.3, 0.4) is 0 Å². The molecule has 4 aromatic rings. The lowest BCUT2D eigenvalue weighted by Crippen LogP contribution is -2.35. The molecule has 0 aromatic carbocycles. The van der Waals surface area contributed by atoms with E-state index < -0.39 is 5.91 Å². The van der Waals surface area contributed by atoms with Crippen molar-refractivity contribution in [2.45, 2.75) is 52.1 Å². The first-order chi connectivity index (χ1) is 18.0. The second kappa shape index (κ2) is 9.40. The van der Waals surface area contributed by atoms with E-state index in [1.807, 2.05) is 29.2 Å². The van der Waals surface area contributed by atoms with E-state index in [-0.39, 0.29) is 11.6 Å². The van der Waals surface area contributed by atoms with E-state index in [0.717, 1.165) is 49.9 Å². The summed E-state index contributed by atoms with van der Waals surface area (Å²) in [4.78, 5) is 32.2. The smallest absolute Gasteiger partial charge is 0.278 e. The molecule has 0 radical (unpaired) electrons. The molecule has 1 fully saturated rings. The third-order valence-corrected chi connectivity index (χ3v) is 7.33. The third kappa shape index (κ3) is 4.46. The average molecular weight is 500 g/mol. The highest BCUT2D eigenvalue weighted by Crippen LogP contribution is 2.29. The van der Waals surface area contributed by atoms with Crippen LogP contribution in [0, 0.1) is 6.92 Å². The Balaban J connectivity index is 1.18. The molecule has 37 heavy (non-hydrogen) atoms. The largest absolute Gasteiger partial charge is 0.324 e. The number of aryl methyl sites for hydroxylation is 2. The Morgan fingerprint density at radius 2 is 2.03 bits per heavy atom. The molecular formula is C26H29N9O2. The minimum atomic E-state index is -0.395. The number of pyridine rings is 2. The number of fused-ring (bicyclic) bond motifs is 2. The number of carbonyl (C=O) groups excluding carboxylic acids is 2. The minimum absolute atomic E-state index is 0.0964. The van der Waals surface area contributed by atoms with Crippen LogP contribution in [0.4, 0.5) is 11.4 Å². The van der Waals surface area contributed by atoms with Gasteiger partial charge in [0.1, 0.15) is 0 Å². The molecule has 0 spiro atoms. The molecule has 1 saturated heterocycles. The fourth-order valence-corrected chi connectivity index (χ4v) is 5.24. The lowest BCUT2D eigenvalue weighted by Gasteiger charge is -2.20. The van der Waals surface area contributed by atoms with Gasteiger partial charge in [0, 0.05) is 35.6 Å². The summed E-state index contributed by atoms with van der Waals surface area (Å²) >= 11 is 0. The predicted molar refractivity (Wildman–Crippen MR) is 138 cm³/mol. The summed E-state index contributed by atoms with van der Waals surface area (Å²) in [6, 6.07) is 5.95. The molecule has 4 aromatic heterocycles. The van der Waals surface area contributed by atoms with E-state index in [9.17, 15) is 9.59 Å². The van der Waals surface area contributed by atoms with Gasteiger partial charge >= 0.3 is 0 Å². The molecule has 2 N–H and O–H groups in total. The SMILES string of the molecule is Cc1ncc(NC(=O)CN2CCC[C@@H]2C)cc1NC(=O)c1nnn2cc(-c3cnn4c3CCC4)ccc12. The summed E-state index contributed by atoms with van der Waals surface area (Å²) in [5, 5.41) is 18.6. The van der Waals surface area contributed by atoms with Gasteiger partial charge in [-0.15, -0.1) is 5.10 Å². The average Bonchev–Trinajstić information content (AvgIpc) is 3.66. The molecule has 6 heterocycles. The molecule has 6 rings (SSSR count). The Labute approximate surface area is 213 Å². The van der Waals surface area contributed by atoms with Crippen molar-refractivity contribution in [3.05, 3.63) is 53.9 Å². The maximum Gasteiger partial charge on any atom is 0.278 e. The van der Waals surface area contributed by atoms with Crippen LogP contribution in [0.5, 0.6) is 0 Å². The first-order valence-corrected chi connectivity index (χ1v) is 12.7. The van der Waals surface area contributed by atoms with E-state index in [0.29, 0.717) is 35.2 Å². The Hall–Kier alpha value is -4.12. The van der Waals surface area contributed by atoms with Crippen molar-refractivity contribution in [2.75, 3.05) is 23.7 Å². The van der Waals surface area contributed by atoms with Crippen molar-refractivity contribution < 1.29 is 9.59 Å². The summed E-state index contributed by atoms with van der Waals surface area (Å²) in [6.45, 7) is 6.16. The number of carbonyl (C=O) groups is 2. The number of hydrogen-bond donors (Lipinski definition) is 2. The molecular weight excluding hydrogens is 470 g/mol. The van der Waals surface area contributed by atoms with Crippen molar-refractivity contribution in [3.8, 4) is 11.1 Å². The Kier molecular flexibility index (Phi) is 5.91. The Morgan fingerprint density at radius 1 is 1.14 bits per heavy atom. The van der Waals surface area contributed by atoms with E-state index >= 15 is 0 Å². The van der Waals surface area contributed by atoms with Crippen molar-refractivity contribution >= 4 is 28.7 Å². The standard InChI is InChI=1S/C26H29N9O2/c1-16-5-3-9-33(16)15-24(36)29-19-11-21(17(2)27-12-19)30-26(37)25-23-8-7-18(14-35(23)32-31-25)20-13-28-34-10-4-6-22(20)34/h7-8,11-14,16H,3-6,9-10,15H2,1-2H3,(H,29,36)(H,30,37)/t16-/m0/s1. The van der Waals surface area contributed by atoms with Crippen LogP contribution in [0.15, 0.2) is 36.8 Å². The van der Waals surface area contributed by atoms with Gasteiger partial charge in [0.25, 0.3) is 5.91 Å². The van der Waals surface area contributed by atoms with Crippen LogP contribution in [-0.2, 0) is 17.8 Å². The number of anilines is 2. The topological polar surface area (TPSA) is 122 Å². The highest BCUT2D eigenvalue weighted by molar-refractivity contribution is 6.08. The van der Waals surface area contributed by atoms with E-state index in [4.69, 9.17) is 0 Å². The zero-order chi connectivity index (χ0) is 25.5. The molecule has 2 aliphatic heterocycles. The van der Waals surface area contributed by atoms with Crippen LogP contribution < -0.4 is 10.6 Å². The molecule has 1 atom stereocenters. The highest BCUT2D eigenvalue weighted by Gasteiger charge is 2.23. The van der Waals surface area contributed by atoms with Crippen LogP contribution in [0.25, 0.3) is 16.6 Å². The molecule has 0 bridgehead atoms. The van der Waals surface area contributed by atoms with Gasteiger partial charge in [0.05, 0.1) is 41.5 Å². The fraction of sp³-hybridized carbons (Fsp3) is 0.385. The zero-order valence-electron chi connectivity index (χ0n) is 20.9. The highest BCUT2D eigenvalue weighted by atomic mass is 16.2. The summed E-state index contributed by atoms with van der Waals surface area (Å²) in [5.41, 5.74) is 5.77. The second-order valence-electron chi connectivity index (χ2n) is 9.84. The number of amides is 2. The molecule has 0 aliphatic carbocycles. The van der Waals surface area contributed by atoms with Crippen molar-refractivity contribution in [1.29, 1.82) is 0 Å². The number of likely N-dealkylation sites (tertiary alicyclic amines) is 1. The number of nitrogens with zero attached hydrogens (tertiary/aromatic N) is 7. The fourth-order valence-electron chi connectivity index (χ4n) is 5.24. The third-order valence-electron chi connectivity index (χ3n) is 7.33. The Bertz CT molecular complexity index is 1510. The Morgan fingerprint density at radius 3 is 2.86 bits per heavy atom. The maximum absolute atomic E-state index is 13.1. The number of rotatable bonds is 6. The molecule has 0 unspecified atom stereocenters. The molecule has 2 amide bonds. The number of nitrogens with one attached hydrogen (secondary N) is 2. The first kappa shape index (κ1) is 23.3. The van der Waals surface area contributed by atoms with Gasteiger partial charge in [-0.2, -0.15) is 5.10 Å². The van der Waals surface area contributed by atoms with Gasteiger partial charge < -0.3 is 10.6 Å². The zero-order valence-corrected chi connectivity index (χ0v) is 20.9. The predicted octanol–water partition coefficient (Wildman–Crippen LogP) is 2.92. The van der Waals surface area contributed by atoms with Crippen LogP contribution in [-0.4, -0.2) is 65.4 Å². The monoisotopic (exact) mass is 499 g/mol. The molecule has 190 valence electrons. The van der Waals surface area contributed by atoms with E-state index in [2.05, 4.69) is 42.9 Å². The number of aromatic nitrogens is 6. The summed E-state index contributed by atoms with van der Waals surface area (Å²) in [5.74, 6) is -0.491. The van der Waals surface area contributed by atoms with E-state index in [1.54, 1.807) is 23.7 Å². The number of hydrogen-bond acceptors (Lipinski definition) is 7. The van der Waals surface area contributed by atoms with Crippen molar-refractivity contribution in [1.82, 2.24) is 34.5 Å². The van der Waals surface area contributed by atoms with Gasteiger partial charge in [0.2, 0.25) is 5.91 Å². The van der Waals surface area contributed by atoms with Crippen LogP contribution >= 0.6 is 0 Å². The minimum Gasteiger partial charge on any atom is -0.324 e. The first-order valence-electron chi connectivity index (χ1n) is 12.7. The lowest BCUT2D eigenvalue weighted by atomic mass is 10.1. The maximum atomic E-state index is 13.1. The summed E-state index contributed by atoms with van der Waals surface area (Å²) in [7, 11) is 0. The van der Waals surface area contributed by atoms with Crippen molar-refractivity contribution in [3.63, 3.8) is 0 Å². The van der Waals surface area contributed by atoms with Gasteiger partial charge in [-0.3, -0.25) is 24.2 Å². The molecule has 11 nitrogen and oxygen atoms in total. The molecule has 11 heteroatoms. The van der Waals surface area contributed by atoms with Gasteiger partial charge in [-0.05, 0) is 58.2 Å². The van der Waals surface area contributed by atoms with Crippen LogP contribution in [0.1, 0.15) is 48.1 Å². The summed E-state index contributed by atoms with van der Waals surface area (Å²) < 4.78 is 3.66. The normalized spacial score (nSPS) is 17.3. The quantitative estimate of drug-likeness (QED) is 0.418. The second-order valence-corrected chi connectivity index (χ2v) is 9.84.